The molecule has 0 radical (unpaired) electrons. The van der Waals surface area contributed by atoms with Crippen molar-refractivity contribution in [3.63, 3.8) is 0 Å². The number of hydrogen-bond donors (Lipinski definition) is 1. The van der Waals surface area contributed by atoms with Gasteiger partial charge in [-0.05, 0) is 51.7 Å². The van der Waals surface area contributed by atoms with Gasteiger partial charge in [0.25, 0.3) is 5.91 Å². The van der Waals surface area contributed by atoms with E-state index in [0.29, 0.717) is 43.6 Å². The summed E-state index contributed by atoms with van der Waals surface area (Å²) in [5.41, 5.74) is 1.58. The molecule has 162 valence electrons. The fraction of sp³-hybridized carbons (Fsp3) is 0.696. The van der Waals surface area contributed by atoms with Gasteiger partial charge in [-0.15, -0.1) is 0 Å². The normalized spacial score (nSPS) is 19.5. The molecule has 6 heteroatoms. The van der Waals surface area contributed by atoms with Gasteiger partial charge in [0.2, 0.25) is 0 Å². The van der Waals surface area contributed by atoms with E-state index in [1.807, 2.05) is 39.8 Å². The summed E-state index contributed by atoms with van der Waals surface area (Å²) in [4.78, 5) is 28.9. The van der Waals surface area contributed by atoms with Crippen LogP contribution in [0.3, 0.4) is 0 Å². The van der Waals surface area contributed by atoms with Crippen molar-refractivity contribution in [2.24, 2.45) is 11.8 Å². The number of ether oxygens (including phenoxy) is 2. The minimum atomic E-state index is -0.141. The fourth-order valence-corrected chi connectivity index (χ4v) is 3.71. The molecule has 0 spiro atoms. The van der Waals surface area contributed by atoms with Gasteiger partial charge in [0.05, 0.1) is 31.5 Å². The van der Waals surface area contributed by atoms with Gasteiger partial charge in [-0.1, -0.05) is 13.8 Å². The molecule has 0 aromatic carbocycles. The van der Waals surface area contributed by atoms with E-state index in [-0.39, 0.29) is 23.8 Å². The molecule has 0 saturated heterocycles. The van der Waals surface area contributed by atoms with Crippen LogP contribution in [-0.2, 0) is 14.3 Å². The number of nitrogens with zero attached hydrogens (tertiary/aromatic N) is 1. The Hall–Kier alpha value is -1.79. The summed E-state index contributed by atoms with van der Waals surface area (Å²) in [6.45, 7) is 9.92. The zero-order chi connectivity index (χ0) is 21.2. The molecule has 1 amide bonds. The molecule has 6 nitrogen and oxygen atoms in total. The van der Waals surface area contributed by atoms with E-state index in [9.17, 15) is 9.59 Å². The summed E-state index contributed by atoms with van der Waals surface area (Å²) in [7, 11) is 0. The van der Waals surface area contributed by atoms with Crippen molar-refractivity contribution >= 4 is 11.7 Å². The summed E-state index contributed by atoms with van der Waals surface area (Å²) < 4.78 is 10.8. The Kier molecular flexibility index (Phi) is 9.74. The van der Waals surface area contributed by atoms with Crippen molar-refractivity contribution in [2.75, 3.05) is 26.4 Å². The quantitative estimate of drug-likeness (QED) is 0.568. The molecule has 0 aliphatic heterocycles. The topological polar surface area (TPSA) is 77.5 Å². The maximum Gasteiger partial charge on any atom is 0.252 e. The van der Waals surface area contributed by atoms with E-state index in [2.05, 4.69) is 10.3 Å². The first-order valence-electron chi connectivity index (χ1n) is 10.9. The van der Waals surface area contributed by atoms with E-state index >= 15 is 0 Å². The van der Waals surface area contributed by atoms with Crippen LogP contribution >= 0.6 is 0 Å². The minimum Gasteiger partial charge on any atom is -0.377 e. The molecule has 29 heavy (non-hydrogen) atoms. The number of rotatable bonds is 11. The van der Waals surface area contributed by atoms with E-state index in [1.165, 1.54) is 0 Å². The molecule has 2 rings (SSSR count). The van der Waals surface area contributed by atoms with Gasteiger partial charge >= 0.3 is 0 Å². The molecule has 0 atom stereocenters. The number of carbonyl (C=O) groups excluding carboxylic acids is 2. The Balaban J connectivity index is 1.70. The van der Waals surface area contributed by atoms with Gasteiger partial charge < -0.3 is 14.8 Å². The highest BCUT2D eigenvalue weighted by Crippen LogP contribution is 2.36. The third kappa shape index (κ3) is 7.86. The average molecular weight is 405 g/mol. The maximum atomic E-state index is 12.2. The molecule has 1 fully saturated rings. The van der Waals surface area contributed by atoms with E-state index in [1.54, 1.807) is 6.20 Å². The third-order valence-electron chi connectivity index (χ3n) is 5.38. The predicted octanol–water partition coefficient (Wildman–Crippen LogP) is 3.75. The van der Waals surface area contributed by atoms with Gasteiger partial charge in [0.1, 0.15) is 5.78 Å². The summed E-state index contributed by atoms with van der Waals surface area (Å²) >= 11 is 0. The summed E-state index contributed by atoms with van der Waals surface area (Å²) in [5.74, 6) is 0.948. The van der Waals surface area contributed by atoms with Crippen molar-refractivity contribution < 1.29 is 19.1 Å². The number of Topliss-reactive ketones (excluding diaryl/α,β-unsaturated/α-hetero) is 1. The smallest absolute Gasteiger partial charge is 0.252 e. The van der Waals surface area contributed by atoms with Gasteiger partial charge in [0.15, 0.2) is 0 Å². The lowest BCUT2D eigenvalue weighted by Crippen LogP contribution is -2.28. The minimum absolute atomic E-state index is 0.117. The number of aromatic nitrogens is 1. The summed E-state index contributed by atoms with van der Waals surface area (Å²) in [6, 6.07) is 3.78. The first-order valence-corrected chi connectivity index (χ1v) is 10.9. The molecule has 0 bridgehead atoms. The van der Waals surface area contributed by atoms with E-state index < -0.39 is 0 Å². The van der Waals surface area contributed by atoms with Gasteiger partial charge in [-0.25, -0.2) is 0 Å². The SMILES string of the molecule is CC(C)OCCOCCNC(=O)c1ccc([C@H]2CC[C@H](C(=O)C(C)C)CC2)nc1. The van der Waals surface area contributed by atoms with Gasteiger partial charge in [0, 0.05) is 36.2 Å². The van der Waals surface area contributed by atoms with Crippen LogP contribution in [0, 0.1) is 11.8 Å². The molecule has 1 aromatic heterocycles. The third-order valence-corrected chi connectivity index (χ3v) is 5.38. The lowest BCUT2D eigenvalue weighted by Gasteiger charge is -2.28. The van der Waals surface area contributed by atoms with Crippen molar-refractivity contribution in [3.8, 4) is 0 Å². The lowest BCUT2D eigenvalue weighted by atomic mass is 9.76. The van der Waals surface area contributed by atoms with E-state index in [0.717, 1.165) is 31.4 Å². The standard InChI is InChI=1S/C23H36N2O4/c1-16(2)22(26)19-7-5-18(6-8-19)21-10-9-20(15-25-21)23(27)24-11-12-28-13-14-29-17(3)4/h9-10,15-19H,5-8,11-14H2,1-4H3,(H,24,27)/t18-,19-. The number of ketones is 1. The van der Waals surface area contributed by atoms with Crippen molar-refractivity contribution in [3.05, 3.63) is 29.6 Å². The van der Waals surface area contributed by atoms with Crippen molar-refractivity contribution in [2.45, 2.75) is 65.4 Å². The Morgan fingerprint density at radius 3 is 2.38 bits per heavy atom. The van der Waals surface area contributed by atoms with Crippen LogP contribution < -0.4 is 5.32 Å². The van der Waals surface area contributed by atoms with Crippen LogP contribution in [0.15, 0.2) is 18.3 Å². The van der Waals surface area contributed by atoms with Crippen LogP contribution in [0.2, 0.25) is 0 Å². The van der Waals surface area contributed by atoms with Crippen LogP contribution in [0.5, 0.6) is 0 Å². The zero-order valence-corrected chi connectivity index (χ0v) is 18.3. The maximum absolute atomic E-state index is 12.2. The van der Waals surface area contributed by atoms with Crippen LogP contribution in [0.4, 0.5) is 0 Å². The second kappa shape index (κ2) is 12.0. The summed E-state index contributed by atoms with van der Waals surface area (Å²) in [5, 5.41) is 2.84. The second-order valence-electron chi connectivity index (χ2n) is 8.37. The Morgan fingerprint density at radius 2 is 1.79 bits per heavy atom. The largest absolute Gasteiger partial charge is 0.377 e. The Bertz CT molecular complexity index is 635. The van der Waals surface area contributed by atoms with Crippen molar-refractivity contribution in [1.29, 1.82) is 0 Å². The Morgan fingerprint density at radius 1 is 1.07 bits per heavy atom. The van der Waals surface area contributed by atoms with E-state index in [4.69, 9.17) is 9.47 Å². The van der Waals surface area contributed by atoms with Gasteiger partial charge in [-0.3, -0.25) is 14.6 Å². The van der Waals surface area contributed by atoms with Crippen LogP contribution in [0.25, 0.3) is 0 Å². The molecule has 1 saturated carbocycles. The number of amides is 1. The predicted molar refractivity (Wildman–Crippen MR) is 113 cm³/mol. The van der Waals surface area contributed by atoms with Crippen LogP contribution in [0.1, 0.15) is 75.3 Å². The number of nitrogens with one attached hydrogen (secondary N) is 1. The highest BCUT2D eigenvalue weighted by Gasteiger charge is 2.28. The molecule has 1 aliphatic rings. The second-order valence-corrected chi connectivity index (χ2v) is 8.37. The average Bonchev–Trinajstić information content (AvgIpc) is 2.72. The van der Waals surface area contributed by atoms with Crippen molar-refractivity contribution in [1.82, 2.24) is 10.3 Å². The lowest BCUT2D eigenvalue weighted by molar-refractivity contribution is -0.126. The zero-order valence-electron chi connectivity index (χ0n) is 18.3. The highest BCUT2D eigenvalue weighted by atomic mass is 16.5. The van der Waals surface area contributed by atoms with Crippen LogP contribution in [-0.4, -0.2) is 49.1 Å². The molecule has 1 aromatic rings. The first kappa shape index (κ1) is 23.5. The van der Waals surface area contributed by atoms with Gasteiger partial charge in [-0.2, -0.15) is 0 Å². The number of hydrogen-bond acceptors (Lipinski definition) is 5. The fourth-order valence-electron chi connectivity index (χ4n) is 3.71. The first-order chi connectivity index (χ1) is 13.9. The molecule has 1 N–H and O–H groups in total. The molecule has 1 heterocycles. The molecule has 0 unspecified atom stereocenters. The summed E-state index contributed by atoms with van der Waals surface area (Å²) in [6.07, 6.45) is 5.69. The number of pyridine rings is 1. The molecular formula is C23H36N2O4. The molecule has 1 aliphatic carbocycles. The Labute approximate surface area is 174 Å². The monoisotopic (exact) mass is 404 g/mol. The number of carbonyl (C=O) groups is 2. The molecular weight excluding hydrogens is 368 g/mol. The highest BCUT2D eigenvalue weighted by molar-refractivity contribution is 5.93.